The first-order chi connectivity index (χ1) is 21.0. The van der Waals surface area contributed by atoms with Crippen LogP contribution in [0, 0.1) is 3.57 Å². The summed E-state index contributed by atoms with van der Waals surface area (Å²) in [4.78, 5) is 18.4. The van der Waals surface area contributed by atoms with Gasteiger partial charge >= 0.3 is 0 Å². The van der Waals surface area contributed by atoms with Gasteiger partial charge in [-0.3, -0.25) is 4.79 Å². The van der Waals surface area contributed by atoms with Crippen LogP contribution < -0.4 is 24.5 Å². The number of nitrogens with zero attached hydrogens (tertiary/aromatic N) is 3. The first-order valence-corrected chi connectivity index (χ1v) is 14.6. The Bertz CT molecular complexity index is 2120. The average molecular weight is 706 g/mol. The normalized spacial score (nSPS) is 12.4. The van der Waals surface area contributed by atoms with Gasteiger partial charge in [-0.25, -0.2) is 4.98 Å². The second-order valence-electron chi connectivity index (χ2n) is 9.62. The number of methoxy groups -OCH3 is 1. The topological polar surface area (TPSA) is 97.3 Å². The van der Waals surface area contributed by atoms with Gasteiger partial charge in [0.05, 0.1) is 27.8 Å². The second kappa shape index (κ2) is 11.3. The molecule has 9 nitrogen and oxygen atoms in total. The smallest absolute Gasteiger partial charge is 0.282 e. The third kappa shape index (κ3) is 5.28. The van der Waals surface area contributed by atoms with Crippen molar-refractivity contribution in [1.82, 2.24) is 9.66 Å². The van der Waals surface area contributed by atoms with Crippen molar-refractivity contribution < 1.29 is 23.4 Å². The summed E-state index contributed by atoms with van der Waals surface area (Å²) in [5.41, 5.74) is 2.44. The van der Waals surface area contributed by atoms with Crippen LogP contribution in [-0.2, 0) is 6.61 Å². The van der Waals surface area contributed by atoms with E-state index in [-0.39, 0.29) is 18.2 Å². The van der Waals surface area contributed by atoms with Gasteiger partial charge in [-0.05, 0) is 94.4 Å². The lowest BCUT2D eigenvalue weighted by molar-refractivity contribution is 0.174. The lowest BCUT2D eigenvalue weighted by Gasteiger charge is -2.14. The molecule has 0 radical (unpaired) electrons. The van der Waals surface area contributed by atoms with Crippen LogP contribution in [0.15, 0.2) is 93.2 Å². The molecule has 4 aromatic carbocycles. The SMILES string of the molecule is COc1cc(C=Nn2c(-c3cc4cc(Cl)ccc4o3)nc3ccccc3c2=O)cc(I)c1OCc1ccc2c(c1)OCO2. The minimum absolute atomic E-state index is 0.213. The first kappa shape index (κ1) is 27.3. The molecule has 0 saturated heterocycles. The highest BCUT2D eigenvalue weighted by atomic mass is 127. The van der Waals surface area contributed by atoms with Crippen molar-refractivity contribution in [3.05, 3.63) is 109 Å². The number of aromatic nitrogens is 2. The van der Waals surface area contributed by atoms with E-state index in [0.29, 0.717) is 62.4 Å². The zero-order valence-electron chi connectivity index (χ0n) is 22.5. The summed E-state index contributed by atoms with van der Waals surface area (Å²) in [6.45, 7) is 0.519. The number of furan rings is 1. The maximum absolute atomic E-state index is 13.6. The molecule has 11 heteroatoms. The molecular formula is C32H21ClIN3O6. The van der Waals surface area contributed by atoms with E-state index in [1.165, 1.54) is 4.68 Å². The third-order valence-corrected chi connectivity index (χ3v) is 7.88. The van der Waals surface area contributed by atoms with E-state index < -0.39 is 0 Å². The van der Waals surface area contributed by atoms with Crippen LogP contribution in [0.4, 0.5) is 0 Å². The molecule has 2 aromatic heterocycles. The highest BCUT2D eigenvalue weighted by molar-refractivity contribution is 14.1. The van der Waals surface area contributed by atoms with E-state index in [1.807, 2.05) is 30.3 Å². The van der Waals surface area contributed by atoms with Crippen LogP contribution in [-0.4, -0.2) is 29.8 Å². The maximum atomic E-state index is 13.6. The molecule has 0 aliphatic carbocycles. The molecule has 0 unspecified atom stereocenters. The Morgan fingerprint density at radius 1 is 1.05 bits per heavy atom. The molecule has 43 heavy (non-hydrogen) atoms. The number of hydrogen-bond acceptors (Lipinski definition) is 8. The third-order valence-electron chi connectivity index (χ3n) is 6.85. The number of para-hydroxylation sites is 1. The standard InChI is InChI=1S/C32H21ClIN3O6/c1-39-28-12-19(10-23(34)30(28)40-16-18-6-8-26-27(11-18)42-17-41-26)15-35-37-31(36-24-5-3-2-4-22(24)32(37)38)29-14-20-13-21(33)7-9-25(20)43-29/h2-15H,16-17H2,1H3. The van der Waals surface area contributed by atoms with Crippen LogP contribution in [0.5, 0.6) is 23.0 Å². The summed E-state index contributed by atoms with van der Waals surface area (Å²) in [5, 5.41) is 6.37. The van der Waals surface area contributed by atoms with E-state index in [1.54, 1.807) is 61.9 Å². The van der Waals surface area contributed by atoms with Gasteiger partial charge in [0, 0.05) is 10.4 Å². The van der Waals surface area contributed by atoms with Gasteiger partial charge in [0.15, 0.2) is 28.8 Å². The number of hydrogen-bond donors (Lipinski definition) is 0. The average Bonchev–Trinajstić information content (AvgIpc) is 3.66. The van der Waals surface area contributed by atoms with Crippen LogP contribution in [0.3, 0.4) is 0 Å². The van der Waals surface area contributed by atoms with Gasteiger partial charge in [0.25, 0.3) is 5.56 Å². The van der Waals surface area contributed by atoms with Crippen LogP contribution in [0.25, 0.3) is 33.5 Å². The Hall–Kier alpha value is -4.55. The quantitative estimate of drug-likeness (QED) is 0.127. The molecule has 6 aromatic rings. The Morgan fingerprint density at radius 2 is 1.91 bits per heavy atom. The van der Waals surface area contributed by atoms with E-state index in [4.69, 9.17) is 39.9 Å². The van der Waals surface area contributed by atoms with Crippen molar-refractivity contribution in [2.24, 2.45) is 5.10 Å². The largest absolute Gasteiger partial charge is 0.493 e. The molecule has 7 rings (SSSR count). The minimum atomic E-state index is -0.333. The lowest BCUT2D eigenvalue weighted by atomic mass is 10.2. The summed E-state index contributed by atoms with van der Waals surface area (Å²) in [7, 11) is 1.57. The minimum Gasteiger partial charge on any atom is -0.493 e. The predicted octanol–water partition coefficient (Wildman–Crippen LogP) is 7.27. The molecule has 1 aliphatic heterocycles. The van der Waals surface area contributed by atoms with E-state index in [9.17, 15) is 4.79 Å². The molecule has 0 amide bonds. The van der Waals surface area contributed by atoms with Crippen LogP contribution in [0.2, 0.25) is 5.02 Å². The molecule has 1 aliphatic rings. The number of benzene rings is 4. The van der Waals surface area contributed by atoms with E-state index in [2.05, 4.69) is 27.7 Å². The fourth-order valence-electron chi connectivity index (χ4n) is 4.78. The number of halogens is 2. The fourth-order valence-corrected chi connectivity index (χ4v) is 5.74. The fraction of sp³-hybridized carbons (Fsp3) is 0.0938. The second-order valence-corrected chi connectivity index (χ2v) is 11.2. The molecule has 0 fully saturated rings. The van der Waals surface area contributed by atoms with Crippen LogP contribution in [0.1, 0.15) is 11.1 Å². The van der Waals surface area contributed by atoms with Crippen molar-refractivity contribution >= 4 is 62.3 Å². The molecule has 0 spiro atoms. The highest BCUT2D eigenvalue weighted by Gasteiger charge is 2.18. The summed E-state index contributed by atoms with van der Waals surface area (Å²) in [6.07, 6.45) is 1.58. The van der Waals surface area contributed by atoms with E-state index in [0.717, 1.165) is 14.5 Å². The Balaban J connectivity index is 1.24. The molecule has 0 saturated carbocycles. The monoisotopic (exact) mass is 705 g/mol. The van der Waals surface area contributed by atoms with Crippen molar-refractivity contribution in [3.63, 3.8) is 0 Å². The molecular weight excluding hydrogens is 685 g/mol. The Kier molecular flexibility index (Phi) is 7.15. The van der Waals surface area contributed by atoms with E-state index >= 15 is 0 Å². The molecule has 0 bridgehead atoms. The zero-order valence-corrected chi connectivity index (χ0v) is 25.5. The van der Waals surface area contributed by atoms with Crippen molar-refractivity contribution in [1.29, 1.82) is 0 Å². The molecule has 0 atom stereocenters. The highest BCUT2D eigenvalue weighted by Crippen LogP contribution is 2.36. The molecule has 214 valence electrons. The van der Waals surface area contributed by atoms with Gasteiger partial charge in [0.2, 0.25) is 12.6 Å². The summed E-state index contributed by atoms with van der Waals surface area (Å²) in [5.74, 6) is 3.16. The van der Waals surface area contributed by atoms with Gasteiger partial charge in [-0.15, -0.1) is 0 Å². The van der Waals surface area contributed by atoms with Gasteiger partial charge in [-0.1, -0.05) is 29.8 Å². The van der Waals surface area contributed by atoms with Gasteiger partial charge in [0.1, 0.15) is 12.2 Å². The summed E-state index contributed by atoms with van der Waals surface area (Å²) < 4.78 is 30.8. The lowest BCUT2D eigenvalue weighted by Crippen LogP contribution is -2.20. The first-order valence-electron chi connectivity index (χ1n) is 13.1. The summed E-state index contributed by atoms with van der Waals surface area (Å²) >= 11 is 8.37. The zero-order chi connectivity index (χ0) is 29.5. The number of ether oxygens (including phenoxy) is 4. The molecule has 3 heterocycles. The maximum Gasteiger partial charge on any atom is 0.282 e. The Labute approximate surface area is 263 Å². The van der Waals surface area contributed by atoms with Gasteiger partial charge < -0.3 is 23.4 Å². The van der Waals surface area contributed by atoms with Crippen LogP contribution >= 0.6 is 34.2 Å². The Morgan fingerprint density at radius 3 is 2.79 bits per heavy atom. The molecule has 0 N–H and O–H groups in total. The summed E-state index contributed by atoms with van der Waals surface area (Å²) in [6, 6.07) is 23.6. The van der Waals surface area contributed by atoms with Crippen molar-refractivity contribution in [3.8, 4) is 34.6 Å². The van der Waals surface area contributed by atoms with Gasteiger partial charge in [-0.2, -0.15) is 9.78 Å². The number of rotatable bonds is 7. The number of fused-ring (bicyclic) bond motifs is 3. The predicted molar refractivity (Wildman–Crippen MR) is 172 cm³/mol. The van der Waals surface area contributed by atoms with Crippen molar-refractivity contribution in [2.75, 3.05) is 13.9 Å². The van der Waals surface area contributed by atoms with Crippen molar-refractivity contribution in [2.45, 2.75) is 6.61 Å².